The molecule has 1 N–H and O–H groups in total. The lowest BCUT2D eigenvalue weighted by atomic mass is 9.99. The third-order valence-corrected chi connectivity index (χ3v) is 3.52. The van der Waals surface area contributed by atoms with E-state index in [1.54, 1.807) is 7.11 Å². The van der Waals surface area contributed by atoms with E-state index in [1.165, 1.54) is 0 Å². The summed E-state index contributed by atoms with van der Waals surface area (Å²) in [5, 5.41) is 11.6. The normalized spacial score (nSPS) is 12.6. The summed E-state index contributed by atoms with van der Waals surface area (Å²) in [4.78, 5) is 0. The summed E-state index contributed by atoms with van der Waals surface area (Å²) in [6.45, 7) is 1.88. The van der Waals surface area contributed by atoms with Gasteiger partial charge in [-0.2, -0.15) is 0 Å². The van der Waals surface area contributed by atoms with Crippen molar-refractivity contribution in [1.82, 2.24) is 0 Å². The first kappa shape index (κ1) is 12.8. The molecule has 1 atom stereocenters. The molecule has 1 unspecified atom stereocenters. The summed E-state index contributed by atoms with van der Waals surface area (Å²) in [5.41, 5.74) is 2.44. The highest BCUT2D eigenvalue weighted by atomic mass is 16.5. The van der Waals surface area contributed by atoms with Gasteiger partial charge >= 0.3 is 0 Å². The quantitative estimate of drug-likeness (QED) is 0.785. The molecule has 0 fully saturated rings. The van der Waals surface area contributed by atoms with Crippen LogP contribution in [-0.4, -0.2) is 12.2 Å². The maximum absolute atomic E-state index is 10.6. The minimum absolute atomic E-state index is 0.704. The van der Waals surface area contributed by atoms with Gasteiger partial charge in [-0.05, 0) is 30.7 Å². The fourth-order valence-corrected chi connectivity index (χ4v) is 2.48. The number of benzene rings is 2. The van der Waals surface area contributed by atoms with E-state index in [0.29, 0.717) is 0 Å². The van der Waals surface area contributed by atoms with E-state index in [9.17, 15) is 5.11 Å². The van der Waals surface area contributed by atoms with Crippen LogP contribution >= 0.6 is 0 Å². The smallest absolute Gasteiger partial charge is 0.134 e. The number of rotatable bonds is 3. The van der Waals surface area contributed by atoms with Gasteiger partial charge in [-0.15, -0.1) is 0 Å². The van der Waals surface area contributed by atoms with Crippen LogP contribution in [0.2, 0.25) is 0 Å². The van der Waals surface area contributed by atoms with Crippen LogP contribution in [0.1, 0.15) is 23.0 Å². The molecule has 3 rings (SSSR count). The Kier molecular flexibility index (Phi) is 3.20. The van der Waals surface area contributed by atoms with E-state index < -0.39 is 6.10 Å². The number of aliphatic hydroxyl groups excluding tert-OH is 1. The molecule has 0 amide bonds. The van der Waals surface area contributed by atoms with E-state index in [4.69, 9.17) is 9.15 Å². The van der Waals surface area contributed by atoms with Crippen molar-refractivity contribution in [2.75, 3.05) is 7.11 Å². The van der Waals surface area contributed by atoms with Crippen LogP contribution in [0.3, 0.4) is 0 Å². The highest BCUT2D eigenvalue weighted by Crippen LogP contribution is 2.34. The van der Waals surface area contributed by atoms with Crippen molar-refractivity contribution >= 4 is 11.0 Å². The lowest BCUT2D eigenvalue weighted by Crippen LogP contribution is -2.00. The van der Waals surface area contributed by atoms with Crippen LogP contribution in [0.4, 0.5) is 0 Å². The zero-order chi connectivity index (χ0) is 14.1. The molecule has 102 valence electrons. The molecule has 0 radical (unpaired) electrons. The molecule has 1 heterocycles. The van der Waals surface area contributed by atoms with Gasteiger partial charge in [-0.25, -0.2) is 0 Å². The molecule has 0 aliphatic heterocycles. The molecule has 3 nitrogen and oxygen atoms in total. The third kappa shape index (κ3) is 2.06. The number of hydrogen-bond acceptors (Lipinski definition) is 3. The maximum atomic E-state index is 10.6. The summed E-state index contributed by atoms with van der Waals surface area (Å²) >= 11 is 0. The fraction of sp³-hybridized carbons (Fsp3) is 0.176. The zero-order valence-electron chi connectivity index (χ0n) is 11.5. The first-order valence-corrected chi connectivity index (χ1v) is 6.50. The Hall–Kier alpha value is -2.26. The summed E-state index contributed by atoms with van der Waals surface area (Å²) in [5.74, 6) is 1.52. The van der Waals surface area contributed by atoms with Crippen molar-refractivity contribution in [3.63, 3.8) is 0 Å². The summed E-state index contributed by atoms with van der Waals surface area (Å²) in [6.07, 6.45) is -0.704. The molecule has 0 aliphatic rings. The lowest BCUT2D eigenvalue weighted by Gasteiger charge is -2.11. The molecule has 3 heteroatoms. The number of furan rings is 1. The van der Waals surface area contributed by atoms with Crippen LogP contribution in [0.25, 0.3) is 11.0 Å². The van der Waals surface area contributed by atoms with Crippen molar-refractivity contribution in [2.45, 2.75) is 13.0 Å². The van der Waals surface area contributed by atoms with Gasteiger partial charge in [0.05, 0.1) is 7.11 Å². The molecular formula is C17H16O3. The third-order valence-electron chi connectivity index (χ3n) is 3.52. The second kappa shape index (κ2) is 5.02. The highest BCUT2D eigenvalue weighted by Gasteiger charge is 2.19. The standard InChI is InChI=1S/C17H16O3/c1-11-16(14-5-3-4-6-15(14)20-11)17(18)12-7-9-13(19-2)10-8-12/h3-10,17-18H,1-2H3. The van der Waals surface area contributed by atoms with Crippen molar-refractivity contribution in [2.24, 2.45) is 0 Å². The maximum Gasteiger partial charge on any atom is 0.134 e. The van der Waals surface area contributed by atoms with Gasteiger partial charge in [-0.1, -0.05) is 30.3 Å². The van der Waals surface area contributed by atoms with E-state index in [2.05, 4.69) is 0 Å². The van der Waals surface area contributed by atoms with Gasteiger partial charge in [0.2, 0.25) is 0 Å². The van der Waals surface area contributed by atoms with Crippen molar-refractivity contribution < 1.29 is 14.3 Å². The predicted molar refractivity (Wildman–Crippen MR) is 78.0 cm³/mol. The summed E-state index contributed by atoms with van der Waals surface area (Å²) < 4.78 is 10.8. The number of methoxy groups -OCH3 is 1. The van der Waals surface area contributed by atoms with E-state index in [-0.39, 0.29) is 0 Å². The summed E-state index contributed by atoms with van der Waals surface area (Å²) in [6, 6.07) is 15.2. The minimum Gasteiger partial charge on any atom is -0.497 e. The number of hydrogen-bond donors (Lipinski definition) is 1. The number of para-hydroxylation sites is 1. The Morgan fingerprint density at radius 1 is 1.05 bits per heavy atom. The average Bonchev–Trinajstić information content (AvgIpc) is 2.82. The second-order valence-electron chi connectivity index (χ2n) is 4.74. The molecule has 20 heavy (non-hydrogen) atoms. The molecule has 0 spiro atoms. The molecule has 0 aliphatic carbocycles. The van der Waals surface area contributed by atoms with Crippen LogP contribution < -0.4 is 4.74 Å². The highest BCUT2D eigenvalue weighted by molar-refractivity contribution is 5.83. The minimum atomic E-state index is -0.704. The van der Waals surface area contributed by atoms with Crippen LogP contribution in [-0.2, 0) is 0 Å². The van der Waals surface area contributed by atoms with Crippen molar-refractivity contribution in [3.8, 4) is 5.75 Å². The SMILES string of the molecule is COc1ccc(C(O)c2c(C)oc3ccccc23)cc1. The molecule has 3 aromatic rings. The van der Waals surface area contributed by atoms with Crippen molar-refractivity contribution in [1.29, 1.82) is 0 Å². The monoisotopic (exact) mass is 268 g/mol. The largest absolute Gasteiger partial charge is 0.497 e. The summed E-state index contributed by atoms with van der Waals surface area (Å²) in [7, 11) is 1.62. The van der Waals surface area contributed by atoms with Gasteiger partial charge in [0.25, 0.3) is 0 Å². The zero-order valence-corrected chi connectivity index (χ0v) is 11.5. The van der Waals surface area contributed by atoms with Crippen LogP contribution in [0.15, 0.2) is 52.9 Å². The molecular weight excluding hydrogens is 252 g/mol. The van der Waals surface area contributed by atoms with Gasteiger partial charge in [0.1, 0.15) is 23.2 Å². The average molecular weight is 268 g/mol. The van der Waals surface area contributed by atoms with Gasteiger partial charge in [-0.3, -0.25) is 0 Å². The molecule has 2 aromatic carbocycles. The number of fused-ring (bicyclic) bond motifs is 1. The Balaban J connectivity index is 2.07. The molecule has 1 aromatic heterocycles. The second-order valence-corrected chi connectivity index (χ2v) is 4.74. The molecule has 0 bridgehead atoms. The van der Waals surface area contributed by atoms with Crippen LogP contribution in [0.5, 0.6) is 5.75 Å². The topological polar surface area (TPSA) is 42.6 Å². The van der Waals surface area contributed by atoms with E-state index >= 15 is 0 Å². The lowest BCUT2D eigenvalue weighted by molar-refractivity contribution is 0.219. The Morgan fingerprint density at radius 3 is 2.45 bits per heavy atom. The fourth-order valence-electron chi connectivity index (χ4n) is 2.48. The molecule has 0 saturated heterocycles. The number of aliphatic hydroxyl groups is 1. The Bertz CT molecular complexity index is 726. The Morgan fingerprint density at radius 2 is 1.75 bits per heavy atom. The van der Waals surface area contributed by atoms with E-state index in [1.807, 2.05) is 55.5 Å². The molecule has 0 saturated carbocycles. The van der Waals surface area contributed by atoms with Crippen LogP contribution in [0, 0.1) is 6.92 Å². The van der Waals surface area contributed by atoms with Gasteiger partial charge in [0.15, 0.2) is 0 Å². The van der Waals surface area contributed by atoms with E-state index in [0.717, 1.165) is 33.6 Å². The van der Waals surface area contributed by atoms with Gasteiger partial charge in [0, 0.05) is 10.9 Å². The predicted octanol–water partition coefficient (Wildman–Crippen LogP) is 3.83. The van der Waals surface area contributed by atoms with Crippen molar-refractivity contribution in [3.05, 3.63) is 65.4 Å². The first-order valence-electron chi connectivity index (χ1n) is 6.50. The first-order chi connectivity index (χ1) is 9.70. The van der Waals surface area contributed by atoms with Gasteiger partial charge < -0.3 is 14.3 Å². The number of ether oxygens (including phenoxy) is 1. The number of aryl methyl sites for hydroxylation is 1. The Labute approximate surface area is 117 Å².